The van der Waals surface area contributed by atoms with E-state index in [-0.39, 0.29) is 0 Å². The van der Waals surface area contributed by atoms with Crippen molar-refractivity contribution >= 4 is 11.7 Å². The number of aliphatic carboxylic acids is 1. The second kappa shape index (κ2) is 4.07. The predicted molar refractivity (Wildman–Crippen MR) is 41.7 cm³/mol. The molecule has 0 aliphatic carbocycles. The van der Waals surface area contributed by atoms with E-state index in [4.69, 9.17) is 10.1 Å². The summed E-state index contributed by atoms with van der Waals surface area (Å²) in [6, 6.07) is 5.98. The van der Waals surface area contributed by atoms with Crippen LogP contribution in [0.2, 0.25) is 0 Å². The third kappa shape index (κ3) is 2.79. The predicted octanol–water partition coefficient (Wildman–Crippen LogP) is 0.300. The SMILES string of the molecule is N#[N+]c1ccc(OCC(=O)[O-])cc1. The van der Waals surface area contributed by atoms with Crippen molar-refractivity contribution in [1.82, 2.24) is 0 Å². The average Bonchev–Trinajstić information content (AvgIpc) is 2.15. The Balaban J connectivity index is 2.60. The molecule has 1 aromatic carbocycles. The van der Waals surface area contributed by atoms with E-state index < -0.39 is 12.6 Å². The molecule has 0 radical (unpaired) electrons. The van der Waals surface area contributed by atoms with Gasteiger partial charge >= 0.3 is 5.69 Å². The number of hydrogen-bond donors (Lipinski definition) is 0. The molecule has 1 rings (SSSR count). The normalized spacial score (nSPS) is 8.85. The summed E-state index contributed by atoms with van der Waals surface area (Å²) in [5, 5.41) is 18.3. The van der Waals surface area contributed by atoms with Crippen molar-refractivity contribution in [2.45, 2.75) is 0 Å². The van der Waals surface area contributed by atoms with E-state index in [1.54, 1.807) is 0 Å². The van der Waals surface area contributed by atoms with Gasteiger partial charge in [0.15, 0.2) is 4.98 Å². The van der Waals surface area contributed by atoms with Crippen molar-refractivity contribution in [2.24, 2.45) is 0 Å². The first-order chi connectivity index (χ1) is 6.22. The van der Waals surface area contributed by atoms with Crippen molar-refractivity contribution in [2.75, 3.05) is 6.61 Å². The van der Waals surface area contributed by atoms with E-state index in [2.05, 4.69) is 4.98 Å². The number of nitrogens with zero attached hydrogens (tertiary/aromatic N) is 2. The van der Waals surface area contributed by atoms with Gasteiger partial charge in [0.2, 0.25) is 5.39 Å². The molecule has 5 heteroatoms. The van der Waals surface area contributed by atoms with Crippen LogP contribution >= 0.6 is 0 Å². The smallest absolute Gasteiger partial charge is 0.385 e. The summed E-state index contributed by atoms with van der Waals surface area (Å²) >= 11 is 0. The van der Waals surface area contributed by atoms with Gasteiger partial charge in [0, 0.05) is 12.1 Å². The zero-order chi connectivity index (χ0) is 9.68. The fourth-order valence-corrected chi connectivity index (χ4v) is 0.751. The molecule has 0 bridgehead atoms. The van der Waals surface area contributed by atoms with Crippen molar-refractivity contribution in [3.8, 4) is 5.75 Å². The van der Waals surface area contributed by atoms with Gasteiger partial charge in [0.25, 0.3) is 0 Å². The van der Waals surface area contributed by atoms with Gasteiger partial charge in [0.1, 0.15) is 12.4 Å². The number of benzene rings is 1. The minimum atomic E-state index is -1.28. The molecule has 0 spiro atoms. The first-order valence-electron chi connectivity index (χ1n) is 3.50. The fraction of sp³-hybridized carbons (Fsp3) is 0.125. The average molecular weight is 178 g/mol. The molecule has 0 atom stereocenters. The van der Waals surface area contributed by atoms with Crippen LogP contribution in [-0.4, -0.2) is 12.6 Å². The van der Waals surface area contributed by atoms with E-state index in [1.165, 1.54) is 24.3 Å². The van der Waals surface area contributed by atoms with Crippen molar-refractivity contribution in [1.29, 1.82) is 5.39 Å². The Morgan fingerprint density at radius 2 is 2.08 bits per heavy atom. The van der Waals surface area contributed by atoms with Gasteiger partial charge in [-0.25, -0.2) is 0 Å². The van der Waals surface area contributed by atoms with Gasteiger partial charge in [-0.05, 0) is 12.1 Å². The first kappa shape index (κ1) is 9.00. The van der Waals surface area contributed by atoms with Crippen LogP contribution in [0.4, 0.5) is 5.69 Å². The quantitative estimate of drug-likeness (QED) is 0.623. The van der Waals surface area contributed by atoms with Crippen LogP contribution in [0, 0.1) is 5.39 Å². The van der Waals surface area contributed by atoms with Crippen molar-refractivity contribution < 1.29 is 14.6 Å². The Labute approximate surface area is 74.2 Å². The van der Waals surface area contributed by atoms with Crippen LogP contribution < -0.4 is 9.84 Å². The maximum absolute atomic E-state index is 10.0. The highest BCUT2D eigenvalue weighted by molar-refractivity contribution is 5.66. The standard InChI is InChI=1S/C8H6N2O3/c9-10-6-1-3-7(4-2-6)13-5-8(11)12/h1-4H,5H2. The molecule has 66 valence electrons. The summed E-state index contributed by atoms with van der Waals surface area (Å²) in [7, 11) is 0. The molecule has 0 aliphatic heterocycles. The number of diazo groups is 1. The minimum absolute atomic E-state index is 0.376. The molecule has 0 amide bonds. The molecule has 0 fully saturated rings. The van der Waals surface area contributed by atoms with Gasteiger partial charge in [-0.15, -0.1) is 0 Å². The highest BCUT2D eigenvalue weighted by Crippen LogP contribution is 2.17. The number of carbonyl (C=O) groups is 1. The second-order valence-electron chi connectivity index (χ2n) is 2.25. The Hall–Kier alpha value is -2.09. The van der Waals surface area contributed by atoms with Gasteiger partial charge < -0.3 is 14.6 Å². The van der Waals surface area contributed by atoms with Crippen LogP contribution in [0.15, 0.2) is 24.3 Å². The maximum atomic E-state index is 10.0. The third-order valence-electron chi connectivity index (χ3n) is 1.31. The monoisotopic (exact) mass is 178 g/mol. The minimum Gasteiger partial charge on any atom is -0.546 e. The summed E-state index contributed by atoms with van der Waals surface area (Å²) in [6.45, 7) is -0.490. The van der Waals surface area contributed by atoms with Crippen LogP contribution in [0.1, 0.15) is 0 Å². The number of hydrogen-bond acceptors (Lipinski definition) is 4. The Morgan fingerprint density at radius 1 is 1.46 bits per heavy atom. The molecular formula is C8H6N2O3. The zero-order valence-corrected chi connectivity index (χ0v) is 6.64. The van der Waals surface area contributed by atoms with E-state index in [1.807, 2.05) is 0 Å². The number of rotatable bonds is 3. The Morgan fingerprint density at radius 3 is 2.54 bits per heavy atom. The number of carboxylic acid groups (broad SMARTS) is 1. The highest BCUT2D eigenvalue weighted by Gasteiger charge is 2.02. The molecule has 0 saturated carbocycles. The summed E-state index contributed by atoms with van der Waals surface area (Å²) in [5.74, 6) is -0.896. The summed E-state index contributed by atoms with van der Waals surface area (Å²) in [5.41, 5.74) is 0.376. The van der Waals surface area contributed by atoms with Gasteiger partial charge in [0.05, 0.1) is 5.97 Å². The number of carbonyl (C=O) groups excluding carboxylic acids is 1. The second-order valence-corrected chi connectivity index (χ2v) is 2.25. The summed E-state index contributed by atoms with van der Waals surface area (Å²) in [6.07, 6.45) is 0. The van der Waals surface area contributed by atoms with Crippen molar-refractivity contribution in [3.05, 3.63) is 29.2 Å². The molecule has 0 aliphatic rings. The van der Waals surface area contributed by atoms with E-state index in [9.17, 15) is 9.90 Å². The number of carboxylic acids is 1. The Bertz CT molecular complexity index is 339. The lowest BCUT2D eigenvalue weighted by atomic mass is 10.3. The lowest BCUT2D eigenvalue weighted by Crippen LogP contribution is -2.28. The molecule has 1 aromatic rings. The molecule has 0 unspecified atom stereocenters. The molecule has 0 N–H and O–H groups in total. The molecule has 0 saturated heterocycles. The fourth-order valence-electron chi connectivity index (χ4n) is 0.751. The van der Waals surface area contributed by atoms with Crippen LogP contribution in [-0.2, 0) is 4.79 Å². The summed E-state index contributed by atoms with van der Waals surface area (Å²) < 4.78 is 4.78. The molecule has 0 aromatic heterocycles. The van der Waals surface area contributed by atoms with Gasteiger partial charge in [-0.2, -0.15) is 0 Å². The topological polar surface area (TPSA) is 77.5 Å². The maximum Gasteiger partial charge on any atom is 0.385 e. The van der Waals surface area contributed by atoms with Gasteiger partial charge in [-0.3, -0.25) is 0 Å². The first-order valence-corrected chi connectivity index (χ1v) is 3.50. The van der Waals surface area contributed by atoms with Crippen LogP contribution in [0.5, 0.6) is 5.75 Å². The van der Waals surface area contributed by atoms with Crippen LogP contribution in [0.3, 0.4) is 0 Å². The lowest BCUT2D eigenvalue weighted by Gasteiger charge is -2.04. The van der Waals surface area contributed by atoms with Crippen molar-refractivity contribution in [3.63, 3.8) is 0 Å². The molecular weight excluding hydrogens is 172 g/mol. The largest absolute Gasteiger partial charge is 0.546 e. The zero-order valence-electron chi connectivity index (χ0n) is 6.64. The lowest BCUT2D eigenvalue weighted by molar-refractivity contribution is -0.307. The number of ether oxygens (including phenoxy) is 1. The molecule has 13 heavy (non-hydrogen) atoms. The van der Waals surface area contributed by atoms with Crippen LogP contribution in [0.25, 0.3) is 4.98 Å². The van der Waals surface area contributed by atoms with E-state index in [0.29, 0.717) is 11.4 Å². The highest BCUT2D eigenvalue weighted by atomic mass is 16.5. The van der Waals surface area contributed by atoms with E-state index >= 15 is 0 Å². The molecule has 0 heterocycles. The van der Waals surface area contributed by atoms with E-state index in [0.717, 1.165) is 0 Å². The molecule has 5 nitrogen and oxygen atoms in total. The Kier molecular flexibility index (Phi) is 2.82. The summed E-state index contributed by atoms with van der Waals surface area (Å²) in [4.78, 5) is 12.9. The third-order valence-corrected chi connectivity index (χ3v) is 1.31. The van der Waals surface area contributed by atoms with Gasteiger partial charge in [-0.1, -0.05) is 0 Å².